The number of benzene rings is 1. The van der Waals surface area contributed by atoms with Crippen molar-refractivity contribution in [2.75, 3.05) is 0 Å². The summed E-state index contributed by atoms with van der Waals surface area (Å²) < 4.78 is 1.77. The van der Waals surface area contributed by atoms with Crippen LogP contribution in [0.1, 0.15) is 5.56 Å². The first-order valence-corrected chi connectivity index (χ1v) is 6.57. The maximum Gasteiger partial charge on any atom is 0.275 e. The van der Waals surface area contributed by atoms with Crippen LogP contribution in [-0.4, -0.2) is 14.5 Å². The van der Waals surface area contributed by atoms with Crippen molar-refractivity contribution in [1.29, 1.82) is 0 Å². The predicted molar refractivity (Wildman–Crippen MR) is 78.4 cm³/mol. The number of halogens is 2. The first kappa shape index (κ1) is 13.9. The summed E-state index contributed by atoms with van der Waals surface area (Å²) in [5.74, 6) is 0. The normalized spacial score (nSPS) is 10.4. The maximum absolute atomic E-state index is 11.8. The molecule has 0 saturated carbocycles. The van der Waals surface area contributed by atoms with Gasteiger partial charge in [0.25, 0.3) is 11.2 Å². The molecule has 0 spiro atoms. The van der Waals surface area contributed by atoms with Gasteiger partial charge in [0.05, 0.1) is 21.4 Å². The van der Waals surface area contributed by atoms with E-state index in [-0.39, 0.29) is 22.8 Å². The summed E-state index contributed by atoms with van der Waals surface area (Å²) in [5.41, 5.74) is 0.0541. The molecule has 0 amide bonds. The Morgan fingerprint density at radius 3 is 2.89 bits per heavy atom. The van der Waals surface area contributed by atoms with Gasteiger partial charge in [-0.3, -0.25) is 19.5 Å². The summed E-state index contributed by atoms with van der Waals surface area (Å²) in [7, 11) is 0. The SMILES string of the molecule is O=c1c(I)cncn1Cc1ccc(Cl)cc1[N+](=O)[O-]. The maximum atomic E-state index is 11.8. The lowest BCUT2D eigenvalue weighted by Crippen LogP contribution is -2.23. The van der Waals surface area contributed by atoms with Gasteiger partial charge in [-0.15, -0.1) is 0 Å². The van der Waals surface area contributed by atoms with Crippen molar-refractivity contribution >= 4 is 39.9 Å². The van der Waals surface area contributed by atoms with Crippen molar-refractivity contribution < 1.29 is 4.92 Å². The minimum Gasteiger partial charge on any atom is -0.294 e. The molecule has 98 valence electrons. The molecular weight excluding hydrogens is 384 g/mol. The number of nitrogens with zero attached hydrogens (tertiary/aromatic N) is 3. The highest BCUT2D eigenvalue weighted by Gasteiger charge is 2.15. The molecule has 1 aromatic carbocycles. The van der Waals surface area contributed by atoms with Gasteiger partial charge in [-0.25, -0.2) is 4.98 Å². The molecular formula is C11H7ClIN3O3. The predicted octanol–water partition coefficient (Wildman–Crippen LogP) is 2.46. The average Bonchev–Trinajstić information content (AvgIpc) is 2.36. The van der Waals surface area contributed by atoms with Gasteiger partial charge in [-0.1, -0.05) is 11.6 Å². The number of hydrogen-bond donors (Lipinski definition) is 0. The van der Waals surface area contributed by atoms with E-state index in [1.54, 1.807) is 6.07 Å². The van der Waals surface area contributed by atoms with Crippen LogP contribution in [0.2, 0.25) is 5.02 Å². The molecule has 0 unspecified atom stereocenters. The molecule has 0 saturated heterocycles. The Balaban J connectivity index is 2.47. The van der Waals surface area contributed by atoms with Crippen molar-refractivity contribution in [3.05, 3.63) is 65.3 Å². The van der Waals surface area contributed by atoms with E-state index in [1.165, 1.54) is 29.2 Å². The molecule has 0 aliphatic heterocycles. The third kappa shape index (κ3) is 3.10. The minimum absolute atomic E-state index is 0.0795. The van der Waals surface area contributed by atoms with Gasteiger partial charge >= 0.3 is 0 Å². The van der Waals surface area contributed by atoms with Gasteiger partial charge in [0.15, 0.2) is 0 Å². The average molecular weight is 392 g/mol. The van der Waals surface area contributed by atoms with Crippen LogP contribution in [0.25, 0.3) is 0 Å². The monoisotopic (exact) mass is 391 g/mol. The molecule has 0 atom stereocenters. The Kier molecular flexibility index (Phi) is 4.15. The Morgan fingerprint density at radius 2 is 2.21 bits per heavy atom. The fraction of sp³-hybridized carbons (Fsp3) is 0.0909. The second-order valence-corrected chi connectivity index (χ2v) is 5.30. The van der Waals surface area contributed by atoms with E-state index < -0.39 is 4.92 Å². The molecule has 19 heavy (non-hydrogen) atoms. The second kappa shape index (κ2) is 5.66. The van der Waals surface area contributed by atoms with E-state index in [9.17, 15) is 14.9 Å². The van der Waals surface area contributed by atoms with Gasteiger partial charge in [0, 0.05) is 22.8 Å². The topological polar surface area (TPSA) is 78.0 Å². The van der Waals surface area contributed by atoms with Gasteiger partial charge < -0.3 is 0 Å². The van der Waals surface area contributed by atoms with Crippen LogP contribution in [-0.2, 0) is 6.54 Å². The van der Waals surface area contributed by atoms with Crippen molar-refractivity contribution in [2.24, 2.45) is 0 Å². The molecule has 0 aliphatic rings. The molecule has 0 bridgehead atoms. The van der Waals surface area contributed by atoms with E-state index in [0.717, 1.165) is 0 Å². The van der Waals surface area contributed by atoms with Crippen LogP contribution in [0.3, 0.4) is 0 Å². The summed E-state index contributed by atoms with van der Waals surface area (Å²) in [5, 5.41) is 11.2. The molecule has 2 aromatic rings. The van der Waals surface area contributed by atoms with Crippen LogP contribution in [0.15, 0.2) is 35.5 Å². The summed E-state index contributed by atoms with van der Waals surface area (Å²) in [4.78, 5) is 26.2. The zero-order chi connectivity index (χ0) is 14.0. The molecule has 1 aromatic heterocycles. The molecule has 2 rings (SSSR count). The van der Waals surface area contributed by atoms with Crippen molar-refractivity contribution in [3.8, 4) is 0 Å². The first-order chi connectivity index (χ1) is 8.99. The van der Waals surface area contributed by atoms with E-state index >= 15 is 0 Å². The van der Waals surface area contributed by atoms with Crippen molar-refractivity contribution in [3.63, 3.8) is 0 Å². The first-order valence-electron chi connectivity index (χ1n) is 5.12. The highest BCUT2D eigenvalue weighted by atomic mass is 127. The summed E-state index contributed by atoms with van der Waals surface area (Å²) in [6, 6.07) is 4.35. The number of nitro benzene ring substituents is 1. The number of rotatable bonds is 3. The largest absolute Gasteiger partial charge is 0.294 e. The summed E-state index contributed by atoms with van der Waals surface area (Å²) >= 11 is 7.60. The van der Waals surface area contributed by atoms with E-state index in [1.807, 2.05) is 22.6 Å². The fourth-order valence-corrected chi connectivity index (χ4v) is 2.20. The molecule has 1 heterocycles. The second-order valence-electron chi connectivity index (χ2n) is 3.70. The Hall–Kier alpha value is -1.48. The molecule has 6 nitrogen and oxygen atoms in total. The zero-order valence-electron chi connectivity index (χ0n) is 9.42. The third-order valence-corrected chi connectivity index (χ3v) is 3.42. The number of aromatic nitrogens is 2. The van der Waals surface area contributed by atoms with Crippen molar-refractivity contribution in [1.82, 2.24) is 9.55 Å². The van der Waals surface area contributed by atoms with Crippen LogP contribution < -0.4 is 5.56 Å². The number of hydrogen-bond acceptors (Lipinski definition) is 4. The fourth-order valence-electron chi connectivity index (χ4n) is 1.56. The quantitative estimate of drug-likeness (QED) is 0.457. The summed E-state index contributed by atoms with van der Waals surface area (Å²) in [6.45, 7) is 0.0795. The minimum atomic E-state index is -0.520. The van der Waals surface area contributed by atoms with Crippen LogP contribution in [0.5, 0.6) is 0 Å². The lowest BCUT2D eigenvalue weighted by Gasteiger charge is -2.06. The Morgan fingerprint density at radius 1 is 1.47 bits per heavy atom. The molecule has 0 N–H and O–H groups in total. The van der Waals surface area contributed by atoms with Gasteiger partial charge in [0.1, 0.15) is 0 Å². The standard InChI is InChI=1S/C11H7ClIN3O3/c12-8-2-1-7(10(3-8)16(18)19)5-15-6-14-4-9(13)11(15)17/h1-4,6H,5H2. The lowest BCUT2D eigenvalue weighted by molar-refractivity contribution is -0.385. The smallest absolute Gasteiger partial charge is 0.275 e. The van der Waals surface area contributed by atoms with E-state index in [0.29, 0.717) is 9.13 Å². The van der Waals surface area contributed by atoms with E-state index in [4.69, 9.17) is 11.6 Å². The van der Waals surface area contributed by atoms with Gasteiger partial charge in [-0.05, 0) is 34.7 Å². The highest BCUT2D eigenvalue weighted by molar-refractivity contribution is 14.1. The third-order valence-electron chi connectivity index (χ3n) is 2.44. The van der Waals surface area contributed by atoms with Gasteiger partial charge in [-0.2, -0.15) is 0 Å². The van der Waals surface area contributed by atoms with Crippen LogP contribution in [0.4, 0.5) is 5.69 Å². The van der Waals surface area contributed by atoms with Crippen LogP contribution >= 0.6 is 34.2 Å². The molecule has 0 fully saturated rings. The lowest BCUT2D eigenvalue weighted by atomic mass is 10.2. The van der Waals surface area contributed by atoms with Crippen molar-refractivity contribution in [2.45, 2.75) is 6.54 Å². The zero-order valence-corrected chi connectivity index (χ0v) is 12.3. The molecule has 0 radical (unpaired) electrons. The molecule has 8 heteroatoms. The molecule has 0 aliphatic carbocycles. The van der Waals surface area contributed by atoms with E-state index in [2.05, 4.69) is 4.98 Å². The van der Waals surface area contributed by atoms with Crippen LogP contribution in [0, 0.1) is 13.7 Å². The van der Waals surface area contributed by atoms with Gasteiger partial charge in [0.2, 0.25) is 0 Å². The summed E-state index contributed by atoms with van der Waals surface area (Å²) in [6.07, 6.45) is 2.79. The Bertz CT molecular complexity index is 702. The highest BCUT2D eigenvalue weighted by Crippen LogP contribution is 2.23. The Labute approximate surface area is 126 Å². The number of nitro groups is 1.